The van der Waals surface area contributed by atoms with Crippen LogP contribution in [0.1, 0.15) is 32.1 Å². The fourth-order valence-electron chi connectivity index (χ4n) is 1.82. The highest BCUT2D eigenvalue weighted by atomic mass is 16.3. The minimum absolute atomic E-state index is 0.509. The predicted octanol–water partition coefficient (Wildman–Crippen LogP) is 2.41. The van der Waals surface area contributed by atoms with Crippen molar-refractivity contribution >= 4 is 0 Å². The van der Waals surface area contributed by atoms with Crippen molar-refractivity contribution in [2.75, 3.05) is 19.6 Å². The molecular weight excluding hydrogens is 200 g/mol. The standard InChI is InChI=1S/C13H24N2O/c1-5-15(6-2)9-11(3)14-8-13-7-12(4)16-10-13/h7,10-11,14H,5-6,8-9H2,1-4H3. The second-order valence-electron chi connectivity index (χ2n) is 4.33. The van der Waals surface area contributed by atoms with Crippen LogP contribution < -0.4 is 5.32 Å². The lowest BCUT2D eigenvalue weighted by Gasteiger charge is -2.23. The van der Waals surface area contributed by atoms with Crippen LogP contribution in [-0.2, 0) is 6.54 Å². The van der Waals surface area contributed by atoms with Gasteiger partial charge in [-0.1, -0.05) is 13.8 Å². The van der Waals surface area contributed by atoms with Gasteiger partial charge in [-0.15, -0.1) is 0 Å². The molecule has 1 N–H and O–H groups in total. The first-order valence-corrected chi connectivity index (χ1v) is 6.15. The lowest BCUT2D eigenvalue weighted by Crippen LogP contribution is -2.38. The van der Waals surface area contributed by atoms with Gasteiger partial charge in [-0.05, 0) is 33.0 Å². The maximum atomic E-state index is 5.27. The topological polar surface area (TPSA) is 28.4 Å². The van der Waals surface area contributed by atoms with E-state index in [1.165, 1.54) is 5.56 Å². The minimum Gasteiger partial charge on any atom is -0.469 e. The number of rotatable bonds is 7. The number of furan rings is 1. The Balaban J connectivity index is 2.26. The monoisotopic (exact) mass is 224 g/mol. The molecule has 0 amide bonds. The molecule has 92 valence electrons. The molecule has 0 aliphatic rings. The zero-order chi connectivity index (χ0) is 12.0. The second kappa shape index (κ2) is 6.71. The largest absolute Gasteiger partial charge is 0.469 e. The predicted molar refractivity (Wildman–Crippen MR) is 67.5 cm³/mol. The highest BCUT2D eigenvalue weighted by Crippen LogP contribution is 2.05. The smallest absolute Gasteiger partial charge is 0.101 e. The van der Waals surface area contributed by atoms with E-state index in [0.29, 0.717) is 6.04 Å². The van der Waals surface area contributed by atoms with Crippen molar-refractivity contribution in [3.63, 3.8) is 0 Å². The summed E-state index contributed by atoms with van der Waals surface area (Å²) < 4.78 is 5.27. The molecule has 1 aromatic rings. The van der Waals surface area contributed by atoms with Gasteiger partial charge >= 0.3 is 0 Å². The van der Waals surface area contributed by atoms with Gasteiger partial charge in [0, 0.05) is 24.7 Å². The fourth-order valence-corrected chi connectivity index (χ4v) is 1.82. The summed E-state index contributed by atoms with van der Waals surface area (Å²) in [6, 6.07) is 2.59. The molecular formula is C13H24N2O. The summed E-state index contributed by atoms with van der Waals surface area (Å²) in [5.74, 6) is 0.980. The molecule has 3 heteroatoms. The maximum absolute atomic E-state index is 5.27. The van der Waals surface area contributed by atoms with Gasteiger partial charge in [0.25, 0.3) is 0 Å². The van der Waals surface area contributed by atoms with Crippen molar-refractivity contribution < 1.29 is 4.42 Å². The molecule has 0 radical (unpaired) electrons. The Morgan fingerprint density at radius 1 is 1.38 bits per heavy atom. The van der Waals surface area contributed by atoms with Gasteiger partial charge in [-0.3, -0.25) is 0 Å². The Labute approximate surface area is 98.8 Å². The van der Waals surface area contributed by atoms with Crippen molar-refractivity contribution in [3.05, 3.63) is 23.7 Å². The summed E-state index contributed by atoms with van der Waals surface area (Å²) in [4.78, 5) is 2.43. The van der Waals surface area contributed by atoms with Crippen molar-refractivity contribution in [2.45, 2.75) is 40.3 Å². The van der Waals surface area contributed by atoms with Crippen molar-refractivity contribution in [2.24, 2.45) is 0 Å². The molecule has 1 atom stereocenters. The van der Waals surface area contributed by atoms with Crippen molar-refractivity contribution in [3.8, 4) is 0 Å². The van der Waals surface area contributed by atoms with Crippen LogP contribution in [0.3, 0.4) is 0 Å². The molecule has 0 aliphatic heterocycles. The summed E-state index contributed by atoms with van der Waals surface area (Å²) in [6.07, 6.45) is 1.83. The van der Waals surface area contributed by atoms with Gasteiger partial charge in [-0.2, -0.15) is 0 Å². The number of nitrogens with one attached hydrogen (secondary N) is 1. The fraction of sp³-hybridized carbons (Fsp3) is 0.692. The summed E-state index contributed by atoms with van der Waals surface area (Å²) >= 11 is 0. The average Bonchev–Trinajstić information content (AvgIpc) is 2.69. The highest BCUT2D eigenvalue weighted by Gasteiger charge is 2.07. The molecule has 1 unspecified atom stereocenters. The molecule has 0 saturated carbocycles. The van der Waals surface area contributed by atoms with Crippen LogP contribution in [0.4, 0.5) is 0 Å². The third kappa shape index (κ3) is 4.37. The van der Waals surface area contributed by atoms with E-state index in [1.807, 2.05) is 13.2 Å². The van der Waals surface area contributed by atoms with E-state index in [4.69, 9.17) is 4.42 Å². The Bertz CT molecular complexity index is 292. The van der Waals surface area contributed by atoms with E-state index in [-0.39, 0.29) is 0 Å². The quantitative estimate of drug-likeness (QED) is 0.771. The van der Waals surface area contributed by atoms with Crippen molar-refractivity contribution in [1.82, 2.24) is 10.2 Å². The van der Waals surface area contributed by atoms with E-state index >= 15 is 0 Å². The van der Waals surface area contributed by atoms with E-state index in [0.717, 1.165) is 31.9 Å². The van der Waals surface area contributed by atoms with Crippen LogP contribution in [0, 0.1) is 6.92 Å². The zero-order valence-corrected chi connectivity index (χ0v) is 10.9. The first-order valence-electron chi connectivity index (χ1n) is 6.15. The van der Waals surface area contributed by atoms with Gasteiger partial charge in [0.15, 0.2) is 0 Å². The molecule has 0 fully saturated rings. The van der Waals surface area contributed by atoms with E-state index in [2.05, 4.69) is 37.1 Å². The number of aryl methyl sites for hydroxylation is 1. The molecule has 1 rings (SSSR count). The SMILES string of the molecule is CCN(CC)CC(C)NCc1coc(C)c1. The summed E-state index contributed by atoms with van der Waals surface area (Å²) in [7, 11) is 0. The van der Waals surface area contributed by atoms with Crippen LogP contribution >= 0.6 is 0 Å². The summed E-state index contributed by atoms with van der Waals surface area (Å²) in [5.41, 5.74) is 1.23. The Hall–Kier alpha value is -0.800. The van der Waals surface area contributed by atoms with Gasteiger partial charge < -0.3 is 14.6 Å². The number of nitrogens with zero attached hydrogens (tertiary/aromatic N) is 1. The highest BCUT2D eigenvalue weighted by molar-refractivity contribution is 5.11. The molecule has 0 aliphatic carbocycles. The molecule has 0 spiro atoms. The van der Waals surface area contributed by atoms with E-state index in [9.17, 15) is 0 Å². The van der Waals surface area contributed by atoms with Crippen LogP contribution in [-0.4, -0.2) is 30.6 Å². The number of likely N-dealkylation sites (N-methyl/N-ethyl adjacent to an activating group) is 1. The lowest BCUT2D eigenvalue weighted by molar-refractivity contribution is 0.270. The second-order valence-corrected chi connectivity index (χ2v) is 4.33. The van der Waals surface area contributed by atoms with Crippen molar-refractivity contribution in [1.29, 1.82) is 0 Å². The third-order valence-electron chi connectivity index (χ3n) is 2.87. The lowest BCUT2D eigenvalue weighted by atomic mass is 10.2. The minimum atomic E-state index is 0.509. The number of hydrogen-bond acceptors (Lipinski definition) is 3. The molecule has 3 nitrogen and oxygen atoms in total. The number of hydrogen-bond donors (Lipinski definition) is 1. The van der Waals surface area contributed by atoms with Gasteiger partial charge in [0.05, 0.1) is 6.26 Å². The van der Waals surface area contributed by atoms with Gasteiger partial charge in [0.2, 0.25) is 0 Å². The third-order valence-corrected chi connectivity index (χ3v) is 2.87. The van der Waals surface area contributed by atoms with E-state index in [1.54, 1.807) is 0 Å². The summed E-state index contributed by atoms with van der Waals surface area (Å²) in [6.45, 7) is 12.8. The molecule has 0 bridgehead atoms. The molecule has 1 aromatic heterocycles. The summed E-state index contributed by atoms with van der Waals surface area (Å²) in [5, 5.41) is 3.51. The first-order chi connectivity index (χ1) is 7.65. The van der Waals surface area contributed by atoms with Crippen LogP contribution in [0.2, 0.25) is 0 Å². The van der Waals surface area contributed by atoms with Crippen LogP contribution in [0.15, 0.2) is 16.7 Å². The van der Waals surface area contributed by atoms with Gasteiger partial charge in [-0.25, -0.2) is 0 Å². The molecule has 0 saturated heterocycles. The van der Waals surface area contributed by atoms with Crippen LogP contribution in [0.25, 0.3) is 0 Å². The molecule has 0 aromatic carbocycles. The normalized spacial score (nSPS) is 13.3. The average molecular weight is 224 g/mol. The van der Waals surface area contributed by atoms with Gasteiger partial charge in [0.1, 0.15) is 5.76 Å². The van der Waals surface area contributed by atoms with E-state index < -0.39 is 0 Å². The maximum Gasteiger partial charge on any atom is 0.101 e. The Kier molecular flexibility index (Phi) is 5.56. The van der Waals surface area contributed by atoms with Crippen LogP contribution in [0.5, 0.6) is 0 Å². The Morgan fingerprint density at radius 2 is 2.06 bits per heavy atom. The molecule has 16 heavy (non-hydrogen) atoms. The molecule has 1 heterocycles. The first kappa shape index (κ1) is 13.3. The Morgan fingerprint density at radius 3 is 2.56 bits per heavy atom. The zero-order valence-electron chi connectivity index (χ0n) is 10.9.